The highest BCUT2D eigenvalue weighted by molar-refractivity contribution is 5.39. The molecule has 0 aliphatic heterocycles. The minimum atomic E-state index is -7.54. The normalized spacial score (nSPS) is 26.8. The Balaban J connectivity index is 0.995. The largest absolute Gasteiger partial charge is 0.460 e. The van der Waals surface area contributed by atoms with Gasteiger partial charge in [-0.25, -0.2) is 0 Å². The van der Waals surface area contributed by atoms with Crippen LogP contribution in [0.25, 0.3) is 0 Å². The first kappa shape index (κ1) is 77.7. The molecule has 566 valence electrons. The molecule has 12 nitrogen and oxygen atoms in total. The molecule has 3 aromatic rings. The summed E-state index contributed by atoms with van der Waals surface area (Å²) < 4.78 is 523. The van der Waals surface area contributed by atoms with Crippen molar-refractivity contribution in [2.24, 2.45) is 23.7 Å². The van der Waals surface area contributed by atoms with Gasteiger partial charge in [0.1, 0.15) is 11.2 Å². The minimum Gasteiger partial charge on any atom is -0.457 e. The Morgan fingerprint density at radius 1 is 0.270 bits per heavy atom. The number of hydrogen-bond acceptors (Lipinski definition) is 12. The van der Waals surface area contributed by atoms with Crippen molar-refractivity contribution in [1.29, 1.82) is 0 Å². The third kappa shape index (κ3) is 12.9. The molecular weight excluding hydrogens is 1490 g/mol. The Morgan fingerprint density at radius 3 is 0.650 bits per heavy atom. The molecule has 0 N–H and O–H groups in total. The molecule has 11 rings (SSSR count). The van der Waals surface area contributed by atoms with Gasteiger partial charge in [-0.05, 0) is 123 Å². The summed E-state index contributed by atoms with van der Waals surface area (Å²) in [6.45, 7) is -13.2. The highest BCUT2D eigenvalue weighted by Gasteiger charge is 2.85. The van der Waals surface area contributed by atoms with E-state index in [1.807, 2.05) is 0 Å². The lowest BCUT2D eigenvalue weighted by Gasteiger charge is -2.62. The van der Waals surface area contributed by atoms with E-state index < -0.39 is 204 Å². The van der Waals surface area contributed by atoms with Gasteiger partial charge in [0.25, 0.3) is 0 Å². The van der Waals surface area contributed by atoms with Crippen LogP contribution in [0.15, 0.2) is 24.3 Å². The maximum absolute atomic E-state index is 14.6. The number of ether oxygens (including phenoxy) is 6. The number of halogens is 36. The van der Waals surface area contributed by atoms with Crippen LogP contribution in [-0.4, -0.2) is 163 Å². The van der Waals surface area contributed by atoms with Gasteiger partial charge in [0.05, 0.1) is 0 Å². The number of nitrogens with zero attached hydrogens (tertiary/aromatic N) is 6. The molecule has 0 spiro atoms. The van der Waals surface area contributed by atoms with Crippen LogP contribution in [0.2, 0.25) is 0 Å². The number of hydrogen-bond donors (Lipinski definition) is 0. The average molecular weight is 1530 g/mol. The molecule has 2 heterocycles. The molecule has 8 bridgehead atoms. The molecule has 4 atom stereocenters. The Kier molecular flexibility index (Phi) is 18.3. The van der Waals surface area contributed by atoms with Crippen LogP contribution in [0.4, 0.5) is 158 Å². The van der Waals surface area contributed by atoms with Gasteiger partial charge in [-0.15, -0.1) is 29.9 Å². The second-order valence-corrected chi connectivity index (χ2v) is 25.6. The summed E-state index contributed by atoms with van der Waals surface area (Å²) >= 11 is 0. The quantitative estimate of drug-likeness (QED) is 0.0709. The van der Waals surface area contributed by atoms with Crippen LogP contribution in [0.5, 0.6) is 36.1 Å². The van der Waals surface area contributed by atoms with E-state index in [2.05, 4.69) is 48.9 Å². The molecule has 0 amide bonds. The average Bonchev–Trinajstić information content (AvgIpc) is 0.718. The van der Waals surface area contributed by atoms with Crippen LogP contribution in [-0.2, 0) is 10.8 Å². The summed E-state index contributed by atoms with van der Waals surface area (Å²) in [5, 5.41) is 0. The summed E-state index contributed by atoms with van der Waals surface area (Å²) in [4.78, 5) is 18.9. The van der Waals surface area contributed by atoms with Gasteiger partial charge < -0.3 is 28.4 Å². The lowest BCUT2D eigenvalue weighted by molar-refractivity contribution is -0.398. The predicted octanol–water partition coefficient (Wildman–Crippen LogP) is 16.8. The Bertz CT molecular complexity index is 3110. The van der Waals surface area contributed by atoms with E-state index in [-0.39, 0.29) is 64.2 Å². The fraction of sp³-hybridized carbons (Fsp3) is 0.769. The molecular formula is C52H40F36N6O6. The summed E-state index contributed by atoms with van der Waals surface area (Å²) in [5.74, 6) is -88.0. The smallest absolute Gasteiger partial charge is 0.457 e. The van der Waals surface area contributed by atoms with E-state index in [1.165, 1.54) is 0 Å². The zero-order valence-corrected chi connectivity index (χ0v) is 48.7. The molecule has 100 heavy (non-hydrogen) atoms. The third-order valence-corrected chi connectivity index (χ3v) is 18.3. The fourth-order valence-electron chi connectivity index (χ4n) is 14.4. The lowest BCUT2D eigenvalue weighted by atomic mass is 9.45. The van der Waals surface area contributed by atoms with Gasteiger partial charge in [-0.1, -0.05) is 24.3 Å². The zero-order valence-electron chi connectivity index (χ0n) is 48.7. The van der Waals surface area contributed by atoms with Crippen LogP contribution in [0.1, 0.15) is 88.2 Å². The number of rotatable bonds is 26. The van der Waals surface area contributed by atoms with Gasteiger partial charge in [0.2, 0.25) is 0 Å². The molecule has 0 saturated heterocycles. The second kappa shape index (κ2) is 23.5. The van der Waals surface area contributed by atoms with Crippen molar-refractivity contribution in [2.45, 2.75) is 195 Å². The maximum Gasteiger partial charge on any atom is 0.460 e. The van der Waals surface area contributed by atoms with E-state index in [9.17, 15) is 158 Å². The first-order valence-electron chi connectivity index (χ1n) is 28.2. The molecule has 4 unspecified atom stereocenters. The zero-order chi connectivity index (χ0) is 75.6. The Morgan fingerprint density at radius 2 is 0.460 bits per heavy atom. The SMILES string of the molecule is FC(F)(F)C(F)(F)C(F)(F)C(F)(F)COc1nc(OCC(F)(F)C(F)(F)C(F)(F)C(F)(F)F)nc(OC23CC4CC(C2)CC(c2ccc(C56CC7CC(CC(Oc8nc(OCC(F)(F)C(F)(F)C(F)(F)C(F)(F)F)nc(OCC(F)(F)C(F)(F)C(F)(F)C(F)(F)F)n8)(C7)C5)C6)cc2)(C4)C3)n1. The van der Waals surface area contributed by atoms with E-state index in [4.69, 9.17) is 9.47 Å². The summed E-state index contributed by atoms with van der Waals surface area (Å²) in [6, 6.07) is -4.79. The standard InChI is InChI=1S/C52H40F36N6O6/c53-37(54,41(61,62)45(69,70)49(77,78)79)17-95-27-89-28(96-18-38(55,56)42(63,64)46(71,72)50(80,81)82)92-31(91-27)99-35-11-21-5-22(12-35)8-33(7-21,15-35)25-1-2-26(4-3-25)34-9-23-6-24(10-34)14-36(13-23,16-34)100-32-93-29(97-19-39(57,58)43(65,66)47(73,74)51(83,84)85)90-30(94-32)98-20-40(59,60)44(67,68)48(75,76)52(86,87)88/h1-4,21-24H,5-20H2. The predicted molar refractivity (Wildman–Crippen MR) is 251 cm³/mol. The van der Waals surface area contributed by atoms with Crippen molar-refractivity contribution < 1.29 is 186 Å². The first-order chi connectivity index (χ1) is 44.8. The molecule has 2 aromatic heterocycles. The van der Waals surface area contributed by atoms with Crippen LogP contribution in [0, 0.1) is 23.7 Å². The van der Waals surface area contributed by atoms with Crippen molar-refractivity contribution in [3.8, 4) is 36.1 Å². The van der Waals surface area contributed by atoms with Crippen LogP contribution >= 0.6 is 0 Å². The highest BCUT2D eigenvalue weighted by atomic mass is 19.5. The van der Waals surface area contributed by atoms with Gasteiger partial charge in [-0.3, -0.25) is 0 Å². The van der Waals surface area contributed by atoms with Gasteiger partial charge in [0, 0.05) is 0 Å². The van der Waals surface area contributed by atoms with E-state index in [0.717, 1.165) is 0 Å². The summed E-state index contributed by atoms with van der Waals surface area (Å²) in [7, 11) is 0. The molecule has 8 fully saturated rings. The fourth-order valence-corrected chi connectivity index (χ4v) is 14.4. The second-order valence-electron chi connectivity index (χ2n) is 25.6. The molecule has 8 aliphatic rings. The van der Waals surface area contributed by atoms with Gasteiger partial charge in [-0.2, -0.15) is 158 Å². The molecule has 8 aliphatic carbocycles. The highest BCUT2D eigenvalue weighted by Crippen LogP contribution is 2.67. The summed E-state index contributed by atoms with van der Waals surface area (Å²) in [5.41, 5.74) is -4.62. The van der Waals surface area contributed by atoms with Gasteiger partial charge in [0.15, 0.2) is 26.4 Å². The van der Waals surface area contributed by atoms with Crippen molar-refractivity contribution in [3.05, 3.63) is 35.4 Å². The topological polar surface area (TPSA) is 133 Å². The monoisotopic (exact) mass is 1530 g/mol. The minimum absolute atomic E-state index is 0.0853. The lowest BCUT2D eigenvalue weighted by Crippen LogP contribution is -2.62. The number of alkyl halides is 36. The van der Waals surface area contributed by atoms with Crippen LogP contribution < -0.4 is 28.4 Å². The van der Waals surface area contributed by atoms with E-state index in [1.54, 1.807) is 24.3 Å². The molecule has 1 aromatic carbocycles. The van der Waals surface area contributed by atoms with Gasteiger partial charge >= 0.3 is 132 Å². The molecule has 0 radical (unpaired) electrons. The van der Waals surface area contributed by atoms with E-state index in [0.29, 0.717) is 24.0 Å². The molecule has 8 saturated carbocycles. The Hall–Kier alpha value is -6.48. The van der Waals surface area contributed by atoms with Crippen molar-refractivity contribution in [1.82, 2.24) is 29.9 Å². The van der Waals surface area contributed by atoms with Crippen LogP contribution in [0.3, 0.4) is 0 Å². The van der Waals surface area contributed by atoms with Crippen molar-refractivity contribution in [2.75, 3.05) is 26.4 Å². The number of aromatic nitrogens is 6. The van der Waals surface area contributed by atoms with Crippen molar-refractivity contribution >= 4 is 0 Å². The number of benzene rings is 1. The maximum atomic E-state index is 14.6. The van der Waals surface area contributed by atoms with Crippen molar-refractivity contribution in [3.63, 3.8) is 0 Å². The summed E-state index contributed by atoms with van der Waals surface area (Å²) in [6.07, 6.45) is -28.5. The first-order valence-corrected chi connectivity index (χ1v) is 28.2. The molecule has 48 heteroatoms. The Labute approximate surface area is 532 Å². The third-order valence-electron chi connectivity index (χ3n) is 18.3. The van der Waals surface area contributed by atoms with E-state index >= 15 is 0 Å².